The van der Waals surface area contributed by atoms with Crippen molar-refractivity contribution in [1.82, 2.24) is 0 Å². The molecule has 21 heavy (non-hydrogen) atoms. The molecule has 0 aliphatic heterocycles. The normalized spacial score (nSPS) is 11.5. The molecule has 0 aliphatic rings. The Morgan fingerprint density at radius 3 is 2.00 bits per heavy atom. The van der Waals surface area contributed by atoms with Crippen LogP contribution in [0.3, 0.4) is 0 Å². The zero-order chi connectivity index (χ0) is 15.8. The Morgan fingerprint density at radius 2 is 1.48 bits per heavy atom. The highest BCUT2D eigenvalue weighted by molar-refractivity contribution is 7.87. The average molecular weight is 312 g/mol. The van der Waals surface area contributed by atoms with Gasteiger partial charge in [-0.05, 0) is 44.0 Å². The van der Waals surface area contributed by atoms with E-state index in [1.807, 2.05) is 6.92 Å². The highest BCUT2D eigenvalue weighted by atomic mass is 32.2. The second kappa shape index (κ2) is 5.44. The number of benzene rings is 2. The summed E-state index contributed by atoms with van der Waals surface area (Å²) in [5, 5.41) is 0. The molecule has 0 spiro atoms. The van der Waals surface area contributed by atoms with Gasteiger partial charge in [-0.1, -0.05) is 17.7 Å². The van der Waals surface area contributed by atoms with Gasteiger partial charge < -0.3 is 4.18 Å². The van der Waals surface area contributed by atoms with E-state index in [-0.39, 0.29) is 10.6 Å². The molecule has 0 saturated heterocycles. The van der Waals surface area contributed by atoms with Crippen molar-refractivity contribution >= 4 is 10.1 Å². The molecule has 0 fully saturated rings. The minimum atomic E-state index is -4.11. The summed E-state index contributed by atoms with van der Waals surface area (Å²) in [4.78, 5) is 0.0397. The van der Waals surface area contributed by atoms with Gasteiger partial charge in [0, 0.05) is 6.07 Å². The van der Waals surface area contributed by atoms with Crippen LogP contribution in [0.5, 0.6) is 5.75 Å². The van der Waals surface area contributed by atoms with Gasteiger partial charge in [-0.15, -0.1) is 0 Å². The maximum atomic E-state index is 13.1. The van der Waals surface area contributed by atoms with Crippen molar-refractivity contribution in [2.45, 2.75) is 25.7 Å². The number of hydrogen-bond acceptors (Lipinski definition) is 3. The summed E-state index contributed by atoms with van der Waals surface area (Å²) < 4.78 is 55.5. The quantitative estimate of drug-likeness (QED) is 0.812. The van der Waals surface area contributed by atoms with Gasteiger partial charge in [0.1, 0.15) is 10.6 Å². The number of halogens is 2. The molecule has 0 heterocycles. The fourth-order valence-corrected chi connectivity index (χ4v) is 3.61. The van der Waals surface area contributed by atoms with E-state index in [9.17, 15) is 17.2 Å². The molecule has 0 saturated carbocycles. The molecular formula is C15H14F2O3S. The van der Waals surface area contributed by atoms with E-state index in [4.69, 9.17) is 4.18 Å². The fourth-order valence-electron chi connectivity index (χ4n) is 2.26. The van der Waals surface area contributed by atoms with Crippen LogP contribution in [-0.4, -0.2) is 8.42 Å². The molecule has 0 N–H and O–H groups in total. The van der Waals surface area contributed by atoms with E-state index < -0.39 is 21.8 Å². The topological polar surface area (TPSA) is 43.4 Å². The maximum Gasteiger partial charge on any atom is 0.339 e. The zero-order valence-corrected chi connectivity index (χ0v) is 12.6. The lowest BCUT2D eigenvalue weighted by Crippen LogP contribution is -2.13. The highest BCUT2D eigenvalue weighted by Crippen LogP contribution is 2.26. The summed E-state index contributed by atoms with van der Waals surface area (Å²) in [7, 11) is -4.11. The first-order valence-electron chi connectivity index (χ1n) is 6.18. The zero-order valence-electron chi connectivity index (χ0n) is 11.8. The Balaban J connectivity index is 2.46. The molecule has 2 aromatic rings. The van der Waals surface area contributed by atoms with Gasteiger partial charge in [0.25, 0.3) is 0 Å². The van der Waals surface area contributed by atoms with Crippen LogP contribution in [0.1, 0.15) is 16.7 Å². The van der Waals surface area contributed by atoms with Gasteiger partial charge in [-0.2, -0.15) is 8.42 Å². The molecule has 0 radical (unpaired) electrons. The maximum absolute atomic E-state index is 13.1. The van der Waals surface area contributed by atoms with E-state index in [2.05, 4.69) is 0 Å². The Labute approximate surface area is 122 Å². The van der Waals surface area contributed by atoms with E-state index in [0.717, 1.165) is 17.7 Å². The summed E-state index contributed by atoms with van der Waals surface area (Å²) in [6.07, 6.45) is 0. The lowest BCUT2D eigenvalue weighted by Gasteiger charge is -2.13. The average Bonchev–Trinajstić information content (AvgIpc) is 2.31. The lowest BCUT2D eigenvalue weighted by molar-refractivity contribution is 0.471. The van der Waals surface area contributed by atoms with Gasteiger partial charge in [0.15, 0.2) is 11.6 Å². The molecule has 6 heteroatoms. The highest BCUT2D eigenvalue weighted by Gasteiger charge is 2.22. The van der Waals surface area contributed by atoms with Gasteiger partial charge in [0.05, 0.1) is 0 Å². The summed E-state index contributed by atoms with van der Waals surface area (Å²) in [5.41, 5.74) is 2.00. The second-order valence-electron chi connectivity index (χ2n) is 4.84. The number of rotatable bonds is 3. The van der Waals surface area contributed by atoms with Crippen LogP contribution in [0.25, 0.3) is 0 Å². The SMILES string of the molecule is Cc1cc(C)c(S(=O)(=O)Oc2ccc(F)c(F)c2)c(C)c1. The molecule has 0 unspecified atom stereocenters. The van der Waals surface area contributed by atoms with Crippen molar-refractivity contribution in [2.75, 3.05) is 0 Å². The lowest BCUT2D eigenvalue weighted by atomic mass is 10.1. The summed E-state index contributed by atoms with van der Waals surface area (Å²) in [6.45, 7) is 5.16. The van der Waals surface area contributed by atoms with Crippen LogP contribution < -0.4 is 4.18 Å². The molecule has 3 nitrogen and oxygen atoms in total. The van der Waals surface area contributed by atoms with Gasteiger partial charge >= 0.3 is 10.1 Å². The van der Waals surface area contributed by atoms with Crippen LogP contribution in [0, 0.1) is 32.4 Å². The molecule has 0 aliphatic carbocycles. The van der Waals surface area contributed by atoms with Crippen molar-refractivity contribution in [3.8, 4) is 5.75 Å². The smallest absolute Gasteiger partial charge is 0.339 e. The van der Waals surface area contributed by atoms with Crippen molar-refractivity contribution in [2.24, 2.45) is 0 Å². The first-order chi connectivity index (χ1) is 9.70. The van der Waals surface area contributed by atoms with Crippen molar-refractivity contribution in [3.05, 3.63) is 58.7 Å². The van der Waals surface area contributed by atoms with Gasteiger partial charge in [0.2, 0.25) is 0 Å². The van der Waals surface area contributed by atoms with Gasteiger partial charge in [-0.3, -0.25) is 0 Å². The third kappa shape index (κ3) is 3.21. The number of aryl methyl sites for hydroxylation is 3. The van der Waals surface area contributed by atoms with Crippen LogP contribution in [0.4, 0.5) is 8.78 Å². The molecule has 2 aromatic carbocycles. The van der Waals surface area contributed by atoms with Gasteiger partial charge in [-0.25, -0.2) is 8.78 Å². The summed E-state index contributed by atoms with van der Waals surface area (Å²) in [5.74, 6) is -2.50. The predicted molar refractivity (Wildman–Crippen MR) is 74.8 cm³/mol. The Kier molecular flexibility index (Phi) is 4.00. The Morgan fingerprint density at radius 1 is 0.905 bits per heavy atom. The standard InChI is InChI=1S/C15H14F2O3S/c1-9-6-10(2)15(11(3)7-9)21(18,19)20-12-4-5-13(16)14(17)8-12/h4-8H,1-3H3. The molecule has 112 valence electrons. The molecule has 2 rings (SSSR count). The van der Waals surface area contributed by atoms with Crippen LogP contribution >= 0.6 is 0 Å². The monoisotopic (exact) mass is 312 g/mol. The molecule has 0 aromatic heterocycles. The second-order valence-corrected chi connectivity index (χ2v) is 6.32. The third-order valence-electron chi connectivity index (χ3n) is 2.95. The van der Waals surface area contributed by atoms with Crippen molar-refractivity contribution < 1.29 is 21.4 Å². The molecule has 0 atom stereocenters. The molecule has 0 amide bonds. The van der Waals surface area contributed by atoms with Crippen LogP contribution in [-0.2, 0) is 10.1 Å². The number of hydrogen-bond donors (Lipinski definition) is 0. The van der Waals surface area contributed by atoms with Crippen LogP contribution in [0.15, 0.2) is 35.2 Å². The summed E-state index contributed by atoms with van der Waals surface area (Å²) >= 11 is 0. The summed E-state index contributed by atoms with van der Waals surface area (Å²) in [6, 6.07) is 6.01. The Bertz CT molecular complexity index is 776. The van der Waals surface area contributed by atoms with E-state index in [1.165, 1.54) is 0 Å². The van der Waals surface area contributed by atoms with E-state index in [1.54, 1.807) is 26.0 Å². The van der Waals surface area contributed by atoms with Crippen molar-refractivity contribution in [3.63, 3.8) is 0 Å². The first-order valence-corrected chi connectivity index (χ1v) is 7.59. The fraction of sp³-hybridized carbons (Fsp3) is 0.200. The Hall–Kier alpha value is -1.95. The van der Waals surface area contributed by atoms with Crippen molar-refractivity contribution in [1.29, 1.82) is 0 Å². The third-order valence-corrected chi connectivity index (χ3v) is 4.51. The minimum absolute atomic E-state index is 0.0397. The molecular weight excluding hydrogens is 298 g/mol. The first kappa shape index (κ1) is 15.4. The van der Waals surface area contributed by atoms with Crippen LogP contribution in [0.2, 0.25) is 0 Å². The largest absolute Gasteiger partial charge is 0.379 e. The minimum Gasteiger partial charge on any atom is -0.379 e. The van der Waals surface area contributed by atoms with E-state index in [0.29, 0.717) is 17.2 Å². The molecule has 0 bridgehead atoms. The predicted octanol–water partition coefficient (Wildman–Crippen LogP) is 3.66. The van der Waals surface area contributed by atoms with E-state index >= 15 is 0 Å².